The molecule has 0 aromatic heterocycles. The summed E-state index contributed by atoms with van der Waals surface area (Å²) in [6.45, 7) is 7.15. The molecule has 0 radical (unpaired) electrons. The molecule has 42 heavy (non-hydrogen) atoms. The molecule has 3 aromatic carbocycles. The zero-order chi connectivity index (χ0) is 29.8. The van der Waals surface area contributed by atoms with Crippen LogP contribution in [0.4, 0.5) is 15.8 Å². The van der Waals surface area contributed by atoms with E-state index >= 15 is 0 Å². The highest BCUT2D eigenvalue weighted by Crippen LogP contribution is 2.32. The van der Waals surface area contributed by atoms with E-state index in [1.807, 2.05) is 0 Å². The summed E-state index contributed by atoms with van der Waals surface area (Å²) < 4.78 is 13.4. The van der Waals surface area contributed by atoms with Gasteiger partial charge in [0, 0.05) is 66.4 Å². The van der Waals surface area contributed by atoms with Crippen molar-refractivity contribution in [2.45, 2.75) is 36.5 Å². The summed E-state index contributed by atoms with van der Waals surface area (Å²) in [7, 11) is 0. The molecule has 0 spiro atoms. The molecule has 0 atom stereocenters. The summed E-state index contributed by atoms with van der Waals surface area (Å²) in [5, 5.41) is 2.70. The Labute approximate surface area is 255 Å². The Morgan fingerprint density at radius 2 is 1.48 bits per heavy atom. The van der Waals surface area contributed by atoms with Crippen LogP contribution >= 0.6 is 23.4 Å². The molecule has 5 rings (SSSR count). The Bertz CT molecular complexity index is 1470. The summed E-state index contributed by atoms with van der Waals surface area (Å²) in [5.74, 6) is -2.06. The Morgan fingerprint density at radius 1 is 0.833 bits per heavy atom. The van der Waals surface area contributed by atoms with Crippen molar-refractivity contribution >= 4 is 52.5 Å². The van der Waals surface area contributed by atoms with Crippen LogP contribution in [0.15, 0.2) is 70.5 Å². The van der Waals surface area contributed by atoms with Gasteiger partial charge >= 0.3 is 11.8 Å². The number of likely N-dealkylation sites (tertiary alicyclic amines) is 1. The second kappa shape index (κ2) is 13.2. The highest BCUT2D eigenvalue weighted by molar-refractivity contribution is 7.99. The number of benzene rings is 3. The number of rotatable bonds is 5. The Kier molecular flexibility index (Phi) is 9.38. The number of nitrogens with zero attached hydrogens (tertiary/aromatic N) is 3. The first-order chi connectivity index (χ1) is 20.2. The number of piperazine rings is 1. The van der Waals surface area contributed by atoms with E-state index in [-0.39, 0.29) is 16.8 Å². The lowest BCUT2D eigenvalue weighted by Crippen LogP contribution is -2.54. The van der Waals surface area contributed by atoms with E-state index in [4.69, 9.17) is 11.6 Å². The molecule has 7 nitrogen and oxygen atoms in total. The number of aryl methyl sites for hydroxylation is 2. The van der Waals surface area contributed by atoms with Gasteiger partial charge in [0.1, 0.15) is 5.82 Å². The van der Waals surface area contributed by atoms with Crippen LogP contribution in [0.1, 0.15) is 24.0 Å². The molecule has 220 valence electrons. The normalized spacial score (nSPS) is 16.0. The third-order valence-electron chi connectivity index (χ3n) is 7.85. The second-order valence-corrected chi connectivity index (χ2v) is 12.4. The molecule has 2 saturated heterocycles. The van der Waals surface area contributed by atoms with Crippen molar-refractivity contribution in [1.82, 2.24) is 9.80 Å². The lowest BCUT2D eigenvalue weighted by Gasteiger charge is -2.37. The summed E-state index contributed by atoms with van der Waals surface area (Å²) in [6, 6.07) is 19.0. The van der Waals surface area contributed by atoms with E-state index in [1.54, 1.807) is 21.6 Å². The van der Waals surface area contributed by atoms with Crippen LogP contribution < -0.4 is 10.2 Å². The number of nitrogens with one attached hydrogen (secondary N) is 1. The SMILES string of the molecule is Cc1ccc(Sc2ccc(N3CCN(C(=O)C(=O)N4CCC(C(=O)Nc5ccc(F)c(Cl)c5)CC4)CC3)cc2)c(C)c1. The maximum Gasteiger partial charge on any atom is 0.312 e. The number of halogens is 2. The van der Waals surface area contributed by atoms with Gasteiger partial charge < -0.3 is 20.0 Å². The summed E-state index contributed by atoms with van der Waals surface area (Å²) >= 11 is 7.55. The first-order valence-electron chi connectivity index (χ1n) is 14.1. The van der Waals surface area contributed by atoms with Gasteiger partial charge in [-0.2, -0.15) is 0 Å². The lowest BCUT2D eigenvalue weighted by molar-refractivity contribution is -0.153. The smallest absolute Gasteiger partial charge is 0.312 e. The molecular formula is C32H34ClFN4O3S. The molecule has 2 heterocycles. The molecule has 2 fully saturated rings. The predicted molar refractivity (Wildman–Crippen MR) is 165 cm³/mol. The molecule has 2 aliphatic rings. The van der Waals surface area contributed by atoms with Crippen molar-refractivity contribution < 1.29 is 18.8 Å². The molecule has 0 unspecified atom stereocenters. The Hall–Kier alpha value is -3.56. The van der Waals surface area contributed by atoms with E-state index in [9.17, 15) is 18.8 Å². The molecule has 0 aliphatic carbocycles. The zero-order valence-electron chi connectivity index (χ0n) is 23.7. The summed E-state index contributed by atoms with van der Waals surface area (Å²) in [4.78, 5) is 46.5. The first kappa shape index (κ1) is 29.9. The van der Waals surface area contributed by atoms with Gasteiger partial charge in [0.15, 0.2) is 0 Å². The van der Waals surface area contributed by atoms with E-state index in [1.165, 1.54) is 39.1 Å². The quantitative estimate of drug-likeness (QED) is 0.372. The Balaban J connectivity index is 1.07. The summed E-state index contributed by atoms with van der Waals surface area (Å²) in [6.07, 6.45) is 0.899. The second-order valence-electron chi connectivity index (χ2n) is 10.8. The van der Waals surface area contributed by atoms with Gasteiger partial charge in [0.2, 0.25) is 5.91 Å². The number of piperidine rings is 1. The minimum absolute atomic E-state index is 0.0616. The minimum Gasteiger partial charge on any atom is -0.368 e. The predicted octanol–water partition coefficient (Wildman–Crippen LogP) is 5.77. The maximum atomic E-state index is 13.4. The van der Waals surface area contributed by atoms with Crippen LogP contribution in [-0.4, -0.2) is 66.8 Å². The van der Waals surface area contributed by atoms with Crippen molar-refractivity contribution in [3.8, 4) is 0 Å². The maximum absolute atomic E-state index is 13.4. The molecule has 2 aliphatic heterocycles. The van der Waals surface area contributed by atoms with Gasteiger partial charge in [0.05, 0.1) is 5.02 Å². The van der Waals surface area contributed by atoms with Gasteiger partial charge in [-0.15, -0.1) is 0 Å². The number of anilines is 2. The first-order valence-corrected chi connectivity index (χ1v) is 15.3. The molecule has 0 bridgehead atoms. The van der Waals surface area contributed by atoms with Crippen molar-refractivity contribution in [2.24, 2.45) is 5.92 Å². The van der Waals surface area contributed by atoms with Crippen LogP contribution in [0.5, 0.6) is 0 Å². The van der Waals surface area contributed by atoms with Crippen molar-refractivity contribution in [1.29, 1.82) is 0 Å². The van der Waals surface area contributed by atoms with Crippen molar-refractivity contribution in [3.63, 3.8) is 0 Å². The fourth-order valence-electron chi connectivity index (χ4n) is 5.37. The number of hydrogen-bond donors (Lipinski definition) is 1. The average molecular weight is 609 g/mol. The highest BCUT2D eigenvalue weighted by atomic mass is 35.5. The highest BCUT2D eigenvalue weighted by Gasteiger charge is 2.33. The molecular weight excluding hydrogens is 575 g/mol. The Morgan fingerprint density at radius 3 is 2.10 bits per heavy atom. The van der Waals surface area contributed by atoms with E-state index in [0.717, 1.165) is 5.69 Å². The molecule has 10 heteroatoms. The van der Waals surface area contributed by atoms with Gasteiger partial charge in [-0.25, -0.2) is 4.39 Å². The zero-order valence-corrected chi connectivity index (χ0v) is 25.3. The molecule has 3 amide bonds. The number of carbonyl (C=O) groups is 3. The van der Waals surface area contributed by atoms with E-state index in [2.05, 4.69) is 66.5 Å². The number of amides is 3. The molecule has 0 saturated carbocycles. The summed E-state index contributed by atoms with van der Waals surface area (Å²) in [5.41, 5.74) is 4.04. The third kappa shape index (κ3) is 7.07. The van der Waals surface area contributed by atoms with Gasteiger partial charge in [-0.3, -0.25) is 14.4 Å². The third-order valence-corrected chi connectivity index (χ3v) is 9.33. The van der Waals surface area contributed by atoms with Crippen LogP contribution in [-0.2, 0) is 14.4 Å². The standard InChI is InChI=1S/C32H34ClFN4O3S/c1-21-3-10-29(22(2)19-21)42-26-7-5-25(6-8-26)36-15-17-38(18-16-36)32(41)31(40)37-13-11-23(12-14-37)30(39)35-24-4-9-28(34)27(33)20-24/h3-10,19-20,23H,11-18H2,1-2H3,(H,35,39). The van der Waals surface area contributed by atoms with Crippen LogP contribution in [0, 0.1) is 25.6 Å². The number of hydrogen-bond acceptors (Lipinski definition) is 5. The van der Waals surface area contributed by atoms with Crippen molar-refractivity contribution in [3.05, 3.63) is 82.6 Å². The molecule has 1 N–H and O–H groups in total. The van der Waals surface area contributed by atoms with Gasteiger partial charge in [0.25, 0.3) is 0 Å². The van der Waals surface area contributed by atoms with E-state index < -0.39 is 17.6 Å². The average Bonchev–Trinajstić information content (AvgIpc) is 3.00. The van der Waals surface area contributed by atoms with Crippen molar-refractivity contribution in [2.75, 3.05) is 49.5 Å². The topological polar surface area (TPSA) is 73.0 Å². The van der Waals surface area contributed by atoms with Gasteiger partial charge in [-0.1, -0.05) is 41.1 Å². The minimum atomic E-state index is -0.551. The largest absolute Gasteiger partial charge is 0.368 e. The molecule has 3 aromatic rings. The van der Waals surface area contributed by atoms with E-state index in [0.29, 0.717) is 57.8 Å². The monoisotopic (exact) mass is 608 g/mol. The van der Waals surface area contributed by atoms with Gasteiger partial charge in [-0.05, 0) is 80.8 Å². The lowest BCUT2D eigenvalue weighted by atomic mass is 9.95. The number of carbonyl (C=O) groups excluding carboxylic acids is 3. The fraction of sp³-hybridized carbons (Fsp3) is 0.344. The van der Waals surface area contributed by atoms with Crippen LogP contribution in [0.2, 0.25) is 5.02 Å². The fourth-order valence-corrected chi connectivity index (χ4v) is 6.43. The van der Waals surface area contributed by atoms with Crippen LogP contribution in [0.25, 0.3) is 0 Å². The van der Waals surface area contributed by atoms with Crippen LogP contribution in [0.3, 0.4) is 0 Å².